The number of hydrogen-bond acceptors (Lipinski definition) is 3. The summed E-state index contributed by atoms with van der Waals surface area (Å²) in [6.45, 7) is 0. The molecule has 0 aliphatic rings. The monoisotopic (exact) mass is 318 g/mol. The zero-order chi connectivity index (χ0) is 14.1. The average molecular weight is 318 g/mol. The smallest absolute Gasteiger partial charge is 0.234 e. The maximum Gasteiger partial charge on any atom is 0.466 e. The fraction of sp³-hybridized carbons (Fsp3) is 1.00. The SMILES string of the molecule is FC(F)(F)C(F)(F)SOSC(F)(F)C(F)(F)F. The molecule has 0 bridgehead atoms. The molecule has 0 fully saturated rings. The maximum absolute atomic E-state index is 12.0. The summed E-state index contributed by atoms with van der Waals surface area (Å²) in [6.07, 6.45) is -12.3. The van der Waals surface area contributed by atoms with E-state index in [1.807, 2.05) is 0 Å². The molecule has 0 aromatic rings. The second-order valence-corrected chi connectivity index (χ2v) is 4.17. The Balaban J connectivity index is 4.36. The van der Waals surface area contributed by atoms with Gasteiger partial charge in [-0.05, 0) is 0 Å². The first-order chi connectivity index (χ1) is 7.21. The Hall–Kier alpha value is -0.0400. The summed E-state index contributed by atoms with van der Waals surface area (Å²) in [7, 11) is 0. The van der Waals surface area contributed by atoms with Gasteiger partial charge in [0.1, 0.15) is 0 Å². The molecule has 0 aromatic carbocycles. The highest BCUT2D eigenvalue weighted by molar-refractivity contribution is 8.08. The van der Waals surface area contributed by atoms with Crippen LogP contribution >= 0.6 is 24.1 Å². The summed E-state index contributed by atoms with van der Waals surface area (Å²) in [5.41, 5.74) is 0. The van der Waals surface area contributed by atoms with E-state index in [2.05, 4.69) is 3.63 Å². The van der Waals surface area contributed by atoms with Crippen LogP contribution < -0.4 is 0 Å². The molecule has 0 unspecified atom stereocenters. The minimum atomic E-state index is -6.13. The Morgan fingerprint density at radius 3 is 0.941 bits per heavy atom. The van der Waals surface area contributed by atoms with E-state index >= 15 is 0 Å². The first kappa shape index (κ1) is 17.0. The maximum atomic E-state index is 12.0. The van der Waals surface area contributed by atoms with Crippen LogP contribution in [-0.2, 0) is 3.63 Å². The molecule has 1 nitrogen and oxygen atoms in total. The minimum absolute atomic E-state index is 1.85. The Morgan fingerprint density at radius 1 is 0.529 bits per heavy atom. The van der Waals surface area contributed by atoms with Crippen LogP contribution in [0.15, 0.2) is 0 Å². The quantitative estimate of drug-likeness (QED) is 0.553. The van der Waals surface area contributed by atoms with Crippen molar-refractivity contribution >= 4 is 24.1 Å². The molecule has 0 amide bonds. The molecule has 0 spiro atoms. The molecule has 0 saturated heterocycles. The van der Waals surface area contributed by atoms with Gasteiger partial charge in [0.2, 0.25) is 0 Å². The topological polar surface area (TPSA) is 9.23 Å². The van der Waals surface area contributed by atoms with Crippen molar-refractivity contribution < 1.29 is 47.5 Å². The summed E-state index contributed by atoms with van der Waals surface area (Å²) in [6, 6.07) is 0. The third-order valence-electron chi connectivity index (χ3n) is 0.937. The van der Waals surface area contributed by atoms with Gasteiger partial charge in [-0.2, -0.15) is 43.9 Å². The van der Waals surface area contributed by atoms with Gasteiger partial charge in [0.15, 0.2) is 0 Å². The fourth-order valence-corrected chi connectivity index (χ4v) is 1.21. The van der Waals surface area contributed by atoms with Gasteiger partial charge >= 0.3 is 22.9 Å². The molecule has 0 N–H and O–H groups in total. The predicted octanol–water partition coefficient (Wildman–Crippen LogP) is 4.61. The van der Waals surface area contributed by atoms with Crippen molar-refractivity contribution in [2.45, 2.75) is 22.9 Å². The van der Waals surface area contributed by atoms with Gasteiger partial charge in [-0.1, -0.05) is 0 Å². The molecule has 0 heterocycles. The van der Waals surface area contributed by atoms with E-state index in [0.717, 1.165) is 0 Å². The van der Waals surface area contributed by atoms with Gasteiger partial charge in [0, 0.05) is 0 Å². The Labute approximate surface area is 95.3 Å². The lowest BCUT2D eigenvalue weighted by atomic mass is 10.7. The molecule has 17 heavy (non-hydrogen) atoms. The standard InChI is InChI=1S/C4F10OS2/c5-1(6,7)3(11,12)16-15-17-4(13,14)2(8,9)10. The summed E-state index contributed by atoms with van der Waals surface area (Å²) >= 11 is -3.69. The molecule has 0 atom stereocenters. The zero-order valence-corrected chi connectivity index (χ0v) is 8.64. The molecule has 13 heteroatoms. The van der Waals surface area contributed by atoms with Crippen LogP contribution in [0, 0.1) is 0 Å². The Bertz CT molecular complexity index is 230. The first-order valence-electron chi connectivity index (χ1n) is 3.13. The van der Waals surface area contributed by atoms with Gasteiger partial charge in [-0.15, -0.1) is 0 Å². The van der Waals surface area contributed by atoms with Crippen molar-refractivity contribution in [2.75, 3.05) is 0 Å². The highest BCUT2D eigenvalue weighted by Crippen LogP contribution is 2.51. The van der Waals surface area contributed by atoms with Crippen LogP contribution in [0.2, 0.25) is 0 Å². The van der Waals surface area contributed by atoms with Crippen molar-refractivity contribution in [1.29, 1.82) is 0 Å². The zero-order valence-electron chi connectivity index (χ0n) is 7.00. The van der Waals surface area contributed by atoms with Crippen LogP contribution in [0.1, 0.15) is 0 Å². The third-order valence-corrected chi connectivity index (χ3v) is 2.36. The van der Waals surface area contributed by atoms with Crippen molar-refractivity contribution in [2.24, 2.45) is 0 Å². The van der Waals surface area contributed by atoms with E-state index in [-0.39, 0.29) is 0 Å². The Morgan fingerprint density at radius 2 is 0.765 bits per heavy atom. The first-order valence-corrected chi connectivity index (χ1v) is 4.61. The van der Waals surface area contributed by atoms with Crippen LogP contribution in [0.3, 0.4) is 0 Å². The molecule has 0 saturated carbocycles. The van der Waals surface area contributed by atoms with E-state index in [4.69, 9.17) is 0 Å². The molecule has 104 valence electrons. The lowest BCUT2D eigenvalue weighted by Crippen LogP contribution is -2.35. The lowest BCUT2D eigenvalue weighted by molar-refractivity contribution is -0.240. The van der Waals surface area contributed by atoms with E-state index in [1.165, 1.54) is 0 Å². The second-order valence-electron chi connectivity index (χ2n) is 2.26. The van der Waals surface area contributed by atoms with Gasteiger partial charge in [0.25, 0.3) is 0 Å². The van der Waals surface area contributed by atoms with Crippen molar-refractivity contribution in [1.82, 2.24) is 0 Å². The van der Waals surface area contributed by atoms with E-state index in [9.17, 15) is 43.9 Å². The van der Waals surface area contributed by atoms with E-state index in [0.29, 0.717) is 0 Å². The van der Waals surface area contributed by atoms with Crippen molar-refractivity contribution in [3.05, 3.63) is 0 Å². The number of halogens is 10. The molecular formula is C4F10OS2. The normalized spacial score (nSPS) is 15.2. The van der Waals surface area contributed by atoms with E-state index < -0.39 is 46.9 Å². The summed E-state index contributed by atoms with van der Waals surface area (Å²) in [5.74, 6) is 0. The summed E-state index contributed by atoms with van der Waals surface area (Å²) < 4.78 is 119. The number of hydrogen-bond donors (Lipinski definition) is 0. The highest BCUT2D eigenvalue weighted by Gasteiger charge is 2.62. The summed E-state index contributed by atoms with van der Waals surface area (Å²) in [5, 5.41) is -11.2. The van der Waals surface area contributed by atoms with Crippen LogP contribution in [0.25, 0.3) is 0 Å². The number of rotatable bonds is 4. The average Bonchev–Trinajstić information content (AvgIpc) is 1.98. The molecule has 0 aliphatic carbocycles. The van der Waals surface area contributed by atoms with Crippen LogP contribution in [0.5, 0.6) is 0 Å². The fourth-order valence-electron chi connectivity index (χ4n) is 0.197. The Kier molecular flexibility index (Phi) is 4.90. The van der Waals surface area contributed by atoms with Crippen LogP contribution in [0.4, 0.5) is 43.9 Å². The van der Waals surface area contributed by atoms with Gasteiger partial charge < -0.3 is 0 Å². The summed E-state index contributed by atoms with van der Waals surface area (Å²) in [4.78, 5) is 0. The van der Waals surface area contributed by atoms with E-state index in [1.54, 1.807) is 0 Å². The van der Waals surface area contributed by atoms with Gasteiger partial charge in [0.05, 0.1) is 24.1 Å². The minimum Gasteiger partial charge on any atom is -0.234 e. The predicted molar refractivity (Wildman–Crippen MR) is 38.3 cm³/mol. The number of alkyl halides is 10. The molecule has 0 radical (unpaired) electrons. The van der Waals surface area contributed by atoms with Crippen molar-refractivity contribution in [3.8, 4) is 0 Å². The third kappa shape index (κ3) is 4.62. The second kappa shape index (κ2) is 4.91. The molecule has 0 rings (SSSR count). The van der Waals surface area contributed by atoms with Gasteiger partial charge in [-0.3, -0.25) is 0 Å². The molecule has 0 aliphatic heterocycles. The lowest BCUT2D eigenvalue weighted by Gasteiger charge is -2.20. The van der Waals surface area contributed by atoms with Gasteiger partial charge in [-0.25, -0.2) is 3.63 Å². The highest BCUT2D eigenvalue weighted by atomic mass is 32.2. The van der Waals surface area contributed by atoms with Crippen molar-refractivity contribution in [3.63, 3.8) is 0 Å². The molecular weight excluding hydrogens is 318 g/mol. The molecule has 0 aromatic heterocycles. The van der Waals surface area contributed by atoms with Crippen LogP contribution in [-0.4, -0.2) is 22.9 Å². The largest absolute Gasteiger partial charge is 0.466 e.